The lowest BCUT2D eigenvalue weighted by Crippen LogP contribution is -2.29. The molecule has 0 aliphatic rings. The summed E-state index contributed by atoms with van der Waals surface area (Å²) in [6.45, 7) is 3.92. The third-order valence-corrected chi connectivity index (χ3v) is 2.10. The first kappa shape index (κ1) is 13.5. The van der Waals surface area contributed by atoms with Gasteiger partial charge < -0.3 is 9.84 Å². The fourth-order valence-corrected chi connectivity index (χ4v) is 1.33. The average molecular weight is 239 g/mol. The van der Waals surface area contributed by atoms with Gasteiger partial charge in [-0.15, -0.1) is 0 Å². The van der Waals surface area contributed by atoms with E-state index in [1.807, 2.05) is 6.92 Å². The lowest BCUT2D eigenvalue weighted by Gasteiger charge is -2.16. The summed E-state index contributed by atoms with van der Waals surface area (Å²) in [6.07, 6.45) is -0.899. The highest BCUT2D eigenvalue weighted by molar-refractivity contribution is 5.91. The number of hydrogen-bond donors (Lipinski definition) is 2. The van der Waals surface area contributed by atoms with Crippen molar-refractivity contribution in [3.8, 4) is 5.75 Å². The number of amides is 1. The van der Waals surface area contributed by atoms with Crippen molar-refractivity contribution in [3.63, 3.8) is 0 Å². The predicted octanol–water partition coefficient (Wildman–Crippen LogP) is 1.58. The van der Waals surface area contributed by atoms with Gasteiger partial charge in [0.05, 0.1) is 24.8 Å². The molecule has 0 aliphatic carbocycles. The average Bonchev–Trinajstić information content (AvgIpc) is 2.28. The number of rotatable bonds is 5. The Morgan fingerprint density at radius 2 is 2.00 bits per heavy atom. The molecule has 1 rings (SSSR count). The second-order valence-corrected chi connectivity index (χ2v) is 3.69. The van der Waals surface area contributed by atoms with Crippen molar-refractivity contribution in [2.75, 3.05) is 11.7 Å². The van der Waals surface area contributed by atoms with Crippen LogP contribution in [0.4, 0.5) is 5.69 Å². The van der Waals surface area contributed by atoms with E-state index in [1.165, 1.54) is 6.92 Å². The molecule has 94 valence electrons. The van der Waals surface area contributed by atoms with Crippen LogP contribution in [0, 0.1) is 0 Å². The van der Waals surface area contributed by atoms with Gasteiger partial charge in [-0.1, -0.05) is 0 Å². The minimum Gasteiger partial charge on any atom is -0.494 e. The molecule has 0 spiro atoms. The SMILES string of the molecule is CCOc1ccc(N(O)C(=O)CC(C)O)cc1. The van der Waals surface area contributed by atoms with Crippen LogP contribution in [0.2, 0.25) is 0 Å². The Hall–Kier alpha value is -1.59. The number of carbonyl (C=O) groups excluding carboxylic acids is 1. The van der Waals surface area contributed by atoms with Crippen molar-refractivity contribution in [3.05, 3.63) is 24.3 Å². The van der Waals surface area contributed by atoms with Crippen molar-refractivity contribution in [2.45, 2.75) is 26.4 Å². The molecule has 1 atom stereocenters. The second kappa shape index (κ2) is 6.22. The van der Waals surface area contributed by atoms with Crippen LogP contribution < -0.4 is 9.80 Å². The number of anilines is 1. The highest BCUT2D eigenvalue weighted by atomic mass is 16.5. The zero-order chi connectivity index (χ0) is 12.8. The Balaban J connectivity index is 2.68. The van der Waals surface area contributed by atoms with E-state index in [0.29, 0.717) is 23.1 Å². The van der Waals surface area contributed by atoms with Crippen LogP contribution in [-0.4, -0.2) is 28.9 Å². The molecule has 1 amide bonds. The van der Waals surface area contributed by atoms with E-state index in [2.05, 4.69) is 0 Å². The summed E-state index contributed by atoms with van der Waals surface area (Å²) in [7, 11) is 0. The van der Waals surface area contributed by atoms with Crippen molar-refractivity contribution >= 4 is 11.6 Å². The van der Waals surface area contributed by atoms with Gasteiger partial charge in [-0.2, -0.15) is 5.06 Å². The Labute approximate surface area is 100 Å². The van der Waals surface area contributed by atoms with Gasteiger partial charge in [0.2, 0.25) is 0 Å². The molecule has 0 fully saturated rings. The lowest BCUT2D eigenvalue weighted by atomic mass is 10.2. The molecule has 5 nitrogen and oxygen atoms in total. The molecule has 1 aromatic rings. The first-order valence-corrected chi connectivity index (χ1v) is 5.47. The molecule has 0 radical (unpaired) electrons. The number of hydrogen-bond acceptors (Lipinski definition) is 4. The second-order valence-electron chi connectivity index (χ2n) is 3.69. The zero-order valence-electron chi connectivity index (χ0n) is 9.96. The van der Waals surface area contributed by atoms with E-state index in [1.54, 1.807) is 24.3 Å². The third-order valence-electron chi connectivity index (χ3n) is 2.10. The first-order chi connectivity index (χ1) is 8.04. The first-order valence-electron chi connectivity index (χ1n) is 5.47. The van der Waals surface area contributed by atoms with Crippen LogP contribution in [-0.2, 0) is 4.79 Å². The Morgan fingerprint density at radius 3 is 2.47 bits per heavy atom. The van der Waals surface area contributed by atoms with Gasteiger partial charge in [0.25, 0.3) is 5.91 Å². The number of aliphatic hydroxyl groups is 1. The predicted molar refractivity (Wildman–Crippen MR) is 63.2 cm³/mol. The third kappa shape index (κ3) is 4.05. The van der Waals surface area contributed by atoms with Crippen LogP contribution in [0.25, 0.3) is 0 Å². The van der Waals surface area contributed by atoms with E-state index in [-0.39, 0.29) is 6.42 Å². The van der Waals surface area contributed by atoms with E-state index in [4.69, 9.17) is 9.84 Å². The summed E-state index contributed by atoms with van der Waals surface area (Å²) in [5, 5.41) is 19.2. The molecule has 5 heteroatoms. The van der Waals surface area contributed by atoms with Gasteiger partial charge in [0.15, 0.2) is 0 Å². The quantitative estimate of drug-likeness (QED) is 0.604. The molecule has 0 heterocycles. The number of carbonyl (C=O) groups is 1. The topological polar surface area (TPSA) is 70.0 Å². The molecule has 0 bridgehead atoms. The Bertz CT molecular complexity index is 361. The molecular weight excluding hydrogens is 222 g/mol. The molecule has 1 aromatic carbocycles. The number of ether oxygens (including phenoxy) is 1. The molecule has 0 saturated heterocycles. The van der Waals surface area contributed by atoms with Crippen molar-refractivity contribution < 1.29 is 19.8 Å². The monoisotopic (exact) mass is 239 g/mol. The summed E-state index contributed by atoms with van der Waals surface area (Å²) in [5.41, 5.74) is 0.346. The van der Waals surface area contributed by atoms with E-state index in [0.717, 1.165) is 0 Å². The molecule has 2 N–H and O–H groups in total. The van der Waals surface area contributed by atoms with Crippen molar-refractivity contribution in [1.29, 1.82) is 0 Å². The minimum absolute atomic E-state index is 0.121. The van der Waals surface area contributed by atoms with Gasteiger partial charge in [0.1, 0.15) is 5.75 Å². The fourth-order valence-electron chi connectivity index (χ4n) is 1.33. The van der Waals surface area contributed by atoms with Crippen LogP contribution in [0.1, 0.15) is 20.3 Å². The molecule has 0 aliphatic heterocycles. The fraction of sp³-hybridized carbons (Fsp3) is 0.417. The molecule has 0 aromatic heterocycles. The van der Waals surface area contributed by atoms with Crippen molar-refractivity contribution in [1.82, 2.24) is 0 Å². The number of nitrogens with zero attached hydrogens (tertiary/aromatic N) is 1. The summed E-state index contributed by atoms with van der Waals surface area (Å²) < 4.78 is 5.24. The van der Waals surface area contributed by atoms with Crippen molar-refractivity contribution in [2.24, 2.45) is 0 Å². The van der Waals surface area contributed by atoms with E-state index in [9.17, 15) is 10.0 Å². The number of benzene rings is 1. The van der Waals surface area contributed by atoms with E-state index >= 15 is 0 Å². The molecule has 17 heavy (non-hydrogen) atoms. The van der Waals surface area contributed by atoms with Crippen LogP contribution in [0.5, 0.6) is 5.75 Å². The van der Waals surface area contributed by atoms with Crippen LogP contribution >= 0.6 is 0 Å². The van der Waals surface area contributed by atoms with E-state index < -0.39 is 12.0 Å². The van der Waals surface area contributed by atoms with Gasteiger partial charge in [-0.25, -0.2) is 0 Å². The summed E-state index contributed by atoms with van der Waals surface area (Å²) in [6, 6.07) is 6.48. The number of aliphatic hydroxyl groups excluding tert-OH is 1. The van der Waals surface area contributed by atoms with Gasteiger partial charge >= 0.3 is 0 Å². The Kier molecular flexibility index (Phi) is 4.93. The molecule has 0 saturated carbocycles. The normalized spacial score (nSPS) is 12.0. The number of hydroxylamine groups is 1. The zero-order valence-corrected chi connectivity index (χ0v) is 9.96. The maximum absolute atomic E-state index is 11.4. The smallest absolute Gasteiger partial charge is 0.253 e. The lowest BCUT2D eigenvalue weighted by molar-refractivity contribution is -0.125. The molecule has 1 unspecified atom stereocenters. The van der Waals surface area contributed by atoms with Gasteiger partial charge in [-0.05, 0) is 38.1 Å². The maximum Gasteiger partial charge on any atom is 0.253 e. The largest absolute Gasteiger partial charge is 0.494 e. The summed E-state index contributed by atoms with van der Waals surface area (Å²) in [4.78, 5) is 11.4. The minimum atomic E-state index is -0.778. The molecular formula is C12H17NO4. The standard InChI is InChI=1S/C12H17NO4/c1-3-17-11-6-4-10(5-7-11)13(16)12(15)8-9(2)14/h4-7,9,14,16H,3,8H2,1-2H3. The van der Waals surface area contributed by atoms with Crippen LogP contribution in [0.15, 0.2) is 24.3 Å². The summed E-state index contributed by atoms with van der Waals surface area (Å²) in [5.74, 6) is 0.122. The van der Waals surface area contributed by atoms with Gasteiger partial charge in [0, 0.05) is 0 Å². The highest BCUT2D eigenvalue weighted by Gasteiger charge is 2.15. The van der Waals surface area contributed by atoms with Gasteiger partial charge in [-0.3, -0.25) is 10.0 Å². The van der Waals surface area contributed by atoms with Crippen LogP contribution in [0.3, 0.4) is 0 Å². The maximum atomic E-state index is 11.4. The Morgan fingerprint density at radius 1 is 1.41 bits per heavy atom. The highest BCUT2D eigenvalue weighted by Crippen LogP contribution is 2.19. The summed E-state index contributed by atoms with van der Waals surface area (Å²) >= 11 is 0.